The molecule has 1 N–H and O–H groups in total. The van der Waals surface area contributed by atoms with Crippen LogP contribution in [0.15, 0.2) is 24.3 Å². The number of rotatable bonds is 7. The molecule has 0 radical (unpaired) electrons. The number of carbonyl (C=O) groups excluding carboxylic acids is 2. The van der Waals surface area contributed by atoms with Crippen LogP contribution in [-0.4, -0.2) is 49.4 Å². The van der Waals surface area contributed by atoms with Crippen LogP contribution in [0.5, 0.6) is 5.75 Å². The lowest BCUT2D eigenvalue weighted by atomic mass is 10.0. The zero-order chi connectivity index (χ0) is 16.7. The maximum atomic E-state index is 12.1. The van der Waals surface area contributed by atoms with Crippen LogP contribution in [0.3, 0.4) is 0 Å². The molecule has 1 aromatic carbocycles. The molecule has 2 rings (SSSR count). The molecule has 0 bridgehead atoms. The molecule has 0 atom stereocenters. The average Bonchev–Trinajstić information content (AvgIpc) is 2.59. The van der Waals surface area contributed by atoms with Crippen molar-refractivity contribution >= 4 is 11.7 Å². The average molecular weight is 318 g/mol. The highest BCUT2D eigenvalue weighted by Gasteiger charge is 2.21. The largest absolute Gasteiger partial charge is 0.494 e. The van der Waals surface area contributed by atoms with Crippen molar-refractivity contribution in [3.05, 3.63) is 29.8 Å². The van der Waals surface area contributed by atoms with Gasteiger partial charge in [-0.05, 0) is 57.5 Å². The molecule has 0 aliphatic carbocycles. The Hall–Kier alpha value is -1.88. The fourth-order valence-corrected chi connectivity index (χ4v) is 2.77. The number of nitrogens with zero attached hydrogens (tertiary/aromatic N) is 1. The van der Waals surface area contributed by atoms with Gasteiger partial charge in [-0.15, -0.1) is 0 Å². The lowest BCUT2D eigenvalue weighted by molar-refractivity contribution is -0.132. The van der Waals surface area contributed by atoms with E-state index in [9.17, 15) is 9.59 Å². The third kappa shape index (κ3) is 5.36. The molecule has 0 unspecified atom stereocenters. The zero-order valence-electron chi connectivity index (χ0n) is 14.0. The van der Waals surface area contributed by atoms with Crippen LogP contribution in [0, 0.1) is 0 Å². The number of hydrogen-bond acceptors (Lipinski definition) is 4. The molecule has 5 heteroatoms. The van der Waals surface area contributed by atoms with Crippen molar-refractivity contribution in [2.24, 2.45) is 0 Å². The summed E-state index contributed by atoms with van der Waals surface area (Å²) in [6.45, 7) is 3.74. The third-order valence-electron chi connectivity index (χ3n) is 4.32. The van der Waals surface area contributed by atoms with E-state index in [1.54, 1.807) is 31.2 Å². The molecule has 1 aliphatic rings. The molecule has 1 fully saturated rings. The fourth-order valence-electron chi connectivity index (χ4n) is 2.77. The number of ether oxygens (including phenoxy) is 1. The van der Waals surface area contributed by atoms with Crippen LogP contribution in [0.1, 0.15) is 43.0 Å². The van der Waals surface area contributed by atoms with Gasteiger partial charge in [0.1, 0.15) is 5.75 Å². The number of likely N-dealkylation sites (tertiary alicyclic amines) is 1. The van der Waals surface area contributed by atoms with Gasteiger partial charge in [0.05, 0.1) is 6.61 Å². The van der Waals surface area contributed by atoms with Crippen molar-refractivity contribution in [2.75, 3.05) is 26.7 Å². The van der Waals surface area contributed by atoms with Crippen molar-refractivity contribution in [1.82, 2.24) is 10.2 Å². The topological polar surface area (TPSA) is 58.6 Å². The second-order valence-electron chi connectivity index (χ2n) is 5.98. The molecule has 0 aromatic heterocycles. The molecule has 126 valence electrons. The molecular formula is C18H26N2O3. The van der Waals surface area contributed by atoms with Gasteiger partial charge in [-0.3, -0.25) is 9.59 Å². The zero-order valence-corrected chi connectivity index (χ0v) is 14.0. The molecule has 1 aliphatic heterocycles. The van der Waals surface area contributed by atoms with E-state index in [1.807, 2.05) is 11.9 Å². The molecule has 1 heterocycles. The number of piperidine rings is 1. The minimum Gasteiger partial charge on any atom is -0.494 e. The number of benzene rings is 1. The molecule has 1 amide bonds. The lowest BCUT2D eigenvalue weighted by Gasteiger charge is -2.31. The monoisotopic (exact) mass is 318 g/mol. The van der Waals surface area contributed by atoms with E-state index in [1.165, 1.54) is 0 Å². The Morgan fingerprint density at radius 1 is 1.22 bits per heavy atom. The van der Waals surface area contributed by atoms with Crippen molar-refractivity contribution in [1.29, 1.82) is 0 Å². The first-order valence-corrected chi connectivity index (χ1v) is 8.29. The summed E-state index contributed by atoms with van der Waals surface area (Å²) < 4.78 is 5.62. The molecular weight excluding hydrogens is 292 g/mol. The van der Waals surface area contributed by atoms with E-state index >= 15 is 0 Å². The molecule has 0 saturated carbocycles. The van der Waals surface area contributed by atoms with Crippen molar-refractivity contribution < 1.29 is 14.3 Å². The summed E-state index contributed by atoms with van der Waals surface area (Å²) in [6, 6.07) is 7.64. The van der Waals surface area contributed by atoms with Gasteiger partial charge in [-0.1, -0.05) is 0 Å². The SMILES string of the molecule is CNC1CCN(C(=O)CCCOc2ccc(C(C)=O)cc2)CC1. The van der Waals surface area contributed by atoms with Crippen molar-refractivity contribution in [3.63, 3.8) is 0 Å². The van der Waals surface area contributed by atoms with Gasteiger partial charge < -0.3 is 15.0 Å². The van der Waals surface area contributed by atoms with Crippen LogP contribution in [0.2, 0.25) is 0 Å². The highest BCUT2D eigenvalue weighted by Crippen LogP contribution is 2.14. The van der Waals surface area contributed by atoms with E-state index in [-0.39, 0.29) is 11.7 Å². The first kappa shape index (κ1) is 17.5. The maximum absolute atomic E-state index is 12.1. The Morgan fingerprint density at radius 2 is 1.87 bits per heavy atom. The molecule has 5 nitrogen and oxygen atoms in total. The minimum atomic E-state index is 0.0455. The highest BCUT2D eigenvalue weighted by atomic mass is 16.5. The van der Waals surface area contributed by atoms with Crippen molar-refractivity contribution in [2.45, 2.75) is 38.6 Å². The fraction of sp³-hybridized carbons (Fsp3) is 0.556. The van der Waals surface area contributed by atoms with Crippen molar-refractivity contribution in [3.8, 4) is 5.75 Å². The van der Waals surface area contributed by atoms with E-state index in [0.29, 0.717) is 31.1 Å². The van der Waals surface area contributed by atoms with Crippen LogP contribution in [0.25, 0.3) is 0 Å². The van der Waals surface area contributed by atoms with Gasteiger partial charge in [-0.2, -0.15) is 0 Å². The van der Waals surface area contributed by atoms with Gasteiger partial charge in [0.15, 0.2) is 5.78 Å². The van der Waals surface area contributed by atoms with E-state index in [2.05, 4.69) is 5.32 Å². The Labute approximate surface area is 138 Å². The summed E-state index contributed by atoms with van der Waals surface area (Å²) in [6.07, 6.45) is 3.29. The second-order valence-corrected chi connectivity index (χ2v) is 5.98. The van der Waals surface area contributed by atoms with Crippen LogP contribution in [0.4, 0.5) is 0 Å². The van der Waals surface area contributed by atoms with Gasteiger partial charge in [0, 0.05) is 31.1 Å². The van der Waals surface area contributed by atoms with Crippen LogP contribution >= 0.6 is 0 Å². The normalized spacial score (nSPS) is 15.5. The van der Waals surface area contributed by atoms with Gasteiger partial charge in [-0.25, -0.2) is 0 Å². The summed E-state index contributed by atoms with van der Waals surface area (Å²) in [4.78, 5) is 25.3. The predicted molar refractivity (Wildman–Crippen MR) is 89.8 cm³/mol. The first-order chi connectivity index (χ1) is 11.1. The number of nitrogens with one attached hydrogen (secondary N) is 1. The summed E-state index contributed by atoms with van der Waals surface area (Å²) in [5.41, 5.74) is 0.678. The smallest absolute Gasteiger partial charge is 0.222 e. The number of ketones is 1. The number of hydrogen-bond donors (Lipinski definition) is 1. The summed E-state index contributed by atoms with van der Waals surface area (Å²) in [5, 5.41) is 3.27. The first-order valence-electron chi connectivity index (χ1n) is 8.29. The van der Waals surface area contributed by atoms with Gasteiger partial charge >= 0.3 is 0 Å². The standard InChI is InChI=1S/C18H26N2O3/c1-14(21)15-5-7-17(8-6-15)23-13-3-4-18(22)20-11-9-16(19-2)10-12-20/h5-8,16,19H,3-4,9-13H2,1-2H3. The third-order valence-corrected chi connectivity index (χ3v) is 4.32. The van der Waals surface area contributed by atoms with Crippen LogP contribution < -0.4 is 10.1 Å². The van der Waals surface area contributed by atoms with Gasteiger partial charge in [0.2, 0.25) is 5.91 Å². The highest BCUT2D eigenvalue weighted by molar-refractivity contribution is 5.94. The van der Waals surface area contributed by atoms with E-state index in [0.717, 1.165) is 31.7 Å². The summed E-state index contributed by atoms with van der Waals surface area (Å²) in [5.74, 6) is 0.997. The molecule has 1 aromatic rings. The number of carbonyl (C=O) groups is 2. The molecule has 0 spiro atoms. The quantitative estimate of drug-likeness (QED) is 0.619. The van der Waals surface area contributed by atoms with E-state index in [4.69, 9.17) is 4.74 Å². The summed E-state index contributed by atoms with van der Waals surface area (Å²) in [7, 11) is 1.97. The Kier molecular flexibility index (Phi) is 6.59. The van der Waals surface area contributed by atoms with Crippen LogP contribution in [-0.2, 0) is 4.79 Å². The second kappa shape index (κ2) is 8.67. The number of amides is 1. The molecule has 23 heavy (non-hydrogen) atoms. The Balaban J connectivity index is 1.65. The number of Topliss-reactive ketones (excluding diaryl/α,β-unsaturated/α-hetero) is 1. The summed E-state index contributed by atoms with van der Waals surface area (Å²) >= 11 is 0. The lowest BCUT2D eigenvalue weighted by Crippen LogP contribution is -2.43. The Morgan fingerprint density at radius 3 is 2.43 bits per heavy atom. The predicted octanol–water partition coefficient (Wildman–Crippen LogP) is 2.26. The van der Waals surface area contributed by atoms with Gasteiger partial charge in [0.25, 0.3) is 0 Å². The molecule has 1 saturated heterocycles. The Bertz CT molecular complexity index is 520. The maximum Gasteiger partial charge on any atom is 0.222 e. The van der Waals surface area contributed by atoms with E-state index < -0.39 is 0 Å². The minimum absolute atomic E-state index is 0.0455.